The van der Waals surface area contributed by atoms with Gasteiger partial charge in [-0.25, -0.2) is 4.39 Å². The van der Waals surface area contributed by atoms with Crippen molar-refractivity contribution >= 4 is 5.69 Å². The zero-order valence-corrected chi connectivity index (χ0v) is 10.9. The lowest BCUT2D eigenvalue weighted by atomic mass is 10.0. The first-order valence-corrected chi connectivity index (χ1v) is 6.13. The van der Waals surface area contributed by atoms with Crippen molar-refractivity contribution in [3.63, 3.8) is 0 Å². The van der Waals surface area contributed by atoms with Gasteiger partial charge in [0, 0.05) is 17.3 Å². The minimum atomic E-state index is -0.219. The van der Waals surface area contributed by atoms with Gasteiger partial charge in [-0.2, -0.15) is 5.26 Å². The molecule has 0 aliphatic carbocycles. The molecule has 0 aliphatic heterocycles. The van der Waals surface area contributed by atoms with Gasteiger partial charge in [-0.15, -0.1) is 0 Å². The van der Waals surface area contributed by atoms with Crippen molar-refractivity contribution < 1.29 is 4.39 Å². The van der Waals surface area contributed by atoms with Crippen LogP contribution in [0.1, 0.15) is 29.7 Å². The summed E-state index contributed by atoms with van der Waals surface area (Å²) in [5, 5.41) is 12.2. The Morgan fingerprint density at radius 1 is 1.21 bits per heavy atom. The molecule has 2 rings (SSSR count). The Balaban J connectivity index is 2.23. The van der Waals surface area contributed by atoms with Crippen molar-refractivity contribution in [1.82, 2.24) is 0 Å². The number of hydrogen-bond donors (Lipinski definition) is 1. The summed E-state index contributed by atoms with van der Waals surface area (Å²) in [6, 6.07) is 14.5. The van der Waals surface area contributed by atoms with Gasteiger partial charge in [0.15, 0.2) is 0 Å². The Bertz CT molecular complexity index is 629. The standard InChI is InChI=1S/C16H15FN2/c1-11-15(17)7-4-8-16(11)19-12(2)14-6-3-5-13(9-14)10-18/h3-9,12,19H,1-2H3. The monoisotopic (exact) mass is 254 g/mol. The molecular formula is C16H15FN2. The Kier molecular flexibility index (Phi) is 3.82. The highest BCUT2D eigenvalue weighted by molar-refractivity contribution is 5.52. The van der Waals surface area contributed by atoms with E-state index in [1.807, 2.05) is 31.2 Å². The molecule has 2 aromatic carbocycles. The zero-order valence-electron chi connectivity index (χ0n) is 10.9. The molecule has 0 spiro atoms. The van der Waals surface area contributed by atoms with E-state index in [9.17, 15) is 4.39 Å². The maximum atomic E-state index is 13.5. The molecule has 2 aromatic rings. The summed E-state index contributed by atoms with van der Waals surface area (Å²) in [7, 11) is 0. The third-order valence-electron chi connectivity index (χ3n) is 3.16. The van der Waals surface area contributed by atoms with Crippen molar-refractivity contribution in [3.05, 3.63) is 65.0 Å². The van der Waals surface area contributed by atoms with Crippen LogP contribution in [0.2, 0.25) is 0 Å². The van der Waals surface area contributed by atoms with Crippen LogP contribution in [0, 0.1) is 24.1 Å². The van der Waals surface area contributed by atoms with Crippen LogP contribution in [0.4, 0.5) is 10.1 Å². The third-order valence-corrected chi connectivity index (χ3v) is 3.16. The summed E-state index contributed by atoms with van der Waals surface area (Å²) in [5.74, 6) is -0.219. The van der Waals surface area contributed by atoms with Crippen LogP contribution >= 0.6 is 0 Å². The highest BCUT2D eigenvalue weighted by Crippen LogP contribution is 2.24. The van der Waals surface area contributed by atoms with Crippen LogP contribution in [-0.4, -0.2) is 0 Å². The van der Waals surface area contributed by atoms with Gasteiger partial charge in [0.25, 0.3) is 0 Å². The fourth-order valence-corrected chi connectivity index (χ4v) is 1.96. The van der Waals surface area contributed by atoms with Crippen molar-refractivity contribution in [1.29, 1.82) is 5.26 Å². The number of anilines is 1. The first-order valence-electron chi connectivity index (χ1n) is 6.13. The van der Waals surface area contributed by atoms with E-state index in [0.717, 1.165) is 11.3 Å². The fraction of sp³-hybridized carbons (Fsp3) is 0.188. The Morgan fingerprint density at radius 2 is 1.95 bits per heavy atom. The van der Waals surface area contributed by atoms with Gasteiger partial charge in [-0.1, -0.05) is 18.2 Å². The second kappa shape index (κ2) is 5.53. The van der Waals surface area contributed by atoms with Crippen LogP contribution < -0.4 is 5.32 Å². The van der Waals surface area contributed by atoms with Crippen LogP contribution in [0.25, 0.3) is 0 Å². The SMILES string of the molecule is Cc1c(F)cccc1NC(C)c1cccc(C#N)c1. The van der Waals surface area contributed by atoms with Gasteiger partial charge in [0.2, 0.25) is 0 Å². The lowest BCUT2D eigenvalue weighted by Gasteiger charge is -2.17. The predicted octanol–water partition coefficient (Wildman–Crippen LogP) is 4.18. The molecule has 0 fully saturated rings. The van der Waals surface area contributed by atoms with Crippen molar-refractivity contribution in [2.45, 2.75) is 19.9 Å². The molecule has 0 amide bonds. The van der Waals surface area contributed by atoms with Gasteiger partial charge in [0.05, 0.1) is 11.6 Å². The number of benzene rings is 2. The van der Waals surface area contributed by atoms with E-state index in [0.29, 0.717) is 11.1 Å². The molecule has 0 radical (unpaired) electrons. The number of nitrogens with one attached hydrogen (secondary N) is 1. The summed E-state index contributed by atoms with van der Waals surface area (Å²) < 4.78 is 13.5. The molecule has 0 aromatic heterocycles. The molecule has 0 bridgehead atoms. The van der Waals surface area contributed by atoms with Gasteiger partial charge in [-0.3, -0.25) is 0 Å². The zero-order chi connectivity index (χ0) is 13.8. The smallest absolute Gasteiger partial charge is 0.128 e. The molecule has 96 valence electrons. The fourth-order valence-electron chi connectivity index (χ4n) is 1.96. The second-order valence-electron chi connectivity index (χ2n) is 4.52. The lowest BCUT2D eigenvalue weighted by Crippen LogP contribution is -2.08. The van der Waals surface area contributed by atoms with Crippen LogP contribution in [-0.2, 0) is 0 Å². The molecule has 0 saturated heterocycles. The minimum Gasteiger partial charge on any atom is -0.378 e. The first kappa shape index (κ1) is 13.1. The summed E-state index contributed by atoms with van der Waals surface area (Å²) in [4.78, 5) is 0. The summed E-state index contributed by atoms with van der Waals surface area (Å²) in [6.07, 6.45) is 0. The van der Waals surface area contributed by atoms with E-state index in [4.69, 9.17) is 5.26 Å². The van der Waals surface area contributed by atoms with Crippen molar-refractivity contribution in [2.24, 2.45) is 0 Å². The summed E-state index contributed by atoms with van der Waals surface area (Å²) in [5.41, 5.74) is 3.01. The average molecular weight is 254 g/mol. The average Bonchev–Trinajstić information content (AvgIpc) is 2.44. The van der Waals surface area contributed by atoms with E-state index < -0.39 is 0 Å². The highest BCUT2D eigenvalue weighted by Gasteiger charge is 2.09. The van der Waals surface area contributed by atoms with Gasteiger partial charge in [-0.05, 0) is 43.7 Å². The normalized spacial score (nSPS) is 11.7. The van der Waals surface area contributed by atoms with E-state index in [1.54, 1.807) is 19.1 Å². The Morgan fingerprint density at radius 3 is 2.68 bits per heavy atom. The van der Waals surface area contributed by atoms with Gasteiger partial charge < -0.3 is 5.32 Å². The number of nitriles is 1. The topological polar surface area (TPSA) is 35.8 Å². The van der Waals surface area contributed by atoms with Crippen LogP contribution in [0.3, 0.4) is 0 Å². The molecule has 1 atom stereocenters. The van der Waals surface area contributed by atoms with Crippen molar-refractivity contribution in [2.75, 3.05) is 5.32 Å². The van der Waals surface area contributed by atoms with Gasteiger partial charge >= 0.3 is 0 Å². The minimum absolute atomic E-state index is 0.00815. The van der Waals surface area contributed by atoms with Gasteiger partial charge in [0.1, 0.15) is 5.82 Å². The quantitative estimate of drug-likeness (QED) is 0.891. The number of halogens is 1. The van der Waals surface area contributed by atoms with Crippen LogP contribution in [0.5, 0.6) is 0 Å². The third kappa shape index (κ3) is 2.92. The highest BCUT2D eigenvalue weighted by atomic mass is 19.1. The number of rotatable bonds is 3. The lowest BCUT2D eigenvalue weighted by molar-refractivity contribution is 0.618. The maximum Gasteiger partial charge on any atom is 0.128 e. The molecular weight excluding hydrogens is 239 g/mol. The predicted molar refractivity (Wildman–Crippen MR) is 74.3 cm³/mol. The number of nitrogens with zero attached hydrogens (tertiary/aromatic N) is 1. The van der Waals surface area contributed by atoms with E-state index >= 15 is 0 Å². The van der Waals surface area contributed by atoms with E-state index in [-0.39, 0.29) is 11.9 Å². The summed E-state index contributed by atoms with van der Waals surface area (Å²) in [6.45, 7) is 3.73. The Hall–Kier alpha value is -2.34. The molecule has 19 heavy (non-hydrogen) atoms. The molecule has 0 saturated carbocycles. The molecule has 1 unspecified atom stereocenters. The van der Waals surface area contributed by atoms with E-state index in [1.165, 1.54) is 6.07 Å². The number of hydrogen-bond acceptors (Lipinski definition) is 2. The molecule has 3 heteroatoms. The molecule has 0 aliphatic rings. The maximum absolute atomic E-state index is 13.5. The Labute approximate surface area is 112 Å². The molecule has 2 nitrogen and oxygen atoms in total. The van der Waals surface area contributed by atoms with Crippen LogP contribution in [0.15, 0.2) is 42.5 Å². The van der Waals surface area contributed by atoms with E-state index in [2.05, 4.69) is 11.4 Å². The van der Waals surface area contributed by atoms with Crippen molar-refractivity contribution in [3.8, 4) is 6.07 Å². The summed E-state index contributed by atoms with van der Waals surface area (Å²) >= 11 is 0. The first-order chi connectivity index (χ1) is 9.11. The molecule has 1 N–H and O–H groups in total. The largest absolute Gasteiger partial charge is 0.378 e. The second-order valence-corrected chi connectivity index (χ2v) is 4.52. The molecule has 0 heterocycles.